The molecule has 162 valence electrons. The van der Waals surface area contributed by atoms with Crippen LogP contribution in [0.3, 0.4) is 0 Å². The molecular weight excluding hydrogens is 392 g/mol. The van der Waals surface area contributed by atoms with Gasteiger partial charge < -0.3 is 19.0 Å². The molecule has 0 atom stereocenters. The quantitative estimate of drug-likeness (QED) is 0.583. The van der Waals surface area contributed by atoms with E-state index in [0.717, 1.165) is 37.4 Å². The number of morpholine rings is 1. The number of nitrogens with zero attached hydrogens (tertiary/aromatic N) is 4. The summed E-state index contributed by atoms with van der Waals surface area (Å²) >= 11 is 0. The minimum absolute atomic E-state index is 0.0485. The third-order valence-electron chi connectivity index (χ3n) is 5.48. The summed E-state index contributed by atoms with van der Waals surface area (Å²) in [6.07, 6.45) is 0.760. The predicted molar refractivity (Wildman–Crippen MR) is 119 cm³/mol. The van der Waals surface area contributed by atoms with Crippen LogP contribution in [0.15, 0.2) is 52.9 Å². The second kappa shape index (κ2) is 9.75. The van der Waals surface area contributed by atoms with Crippen molar-refractivity contribution in [3.05, 3.63) is 65.5 Å². The molecule has 0 bridgehead atoms. The van der Waals surface area contributed by atoms with E-state index in [4.69, 9.17) is 9.15 Å². The molecule has 1 aliphatic heterocycles. The van der Waals surface area contributed by atoms with Crippen LogP contribution in [0.4, 0.5) is 5.69 Å². The van der Waals surface area contributed by atoms with Gasteiger partial charge in [0.05, 0.1) is 13.2 Å². The van der Waals surface area contributed by atoms with Gasteiger partial charge in [0.15, 0.2) is 0 Å². The van der Waals surface area contributed by atoms with E-state index in [1.165, 1.54) is 11.3 Å². The summed E-state index contributed by atoms with van der Waals surface area (Å²) in [5.74, 6) is 1.01. The Bertz CT molecular complexity index is 992. The van der Waals surface area contributed by atoms with Crippen LogP contribution in [0.1, 0.15) is 23.4 Å². The van der Waals surface area contributed by atoms with Gasteiger partial charge in [0.1, 0.15) is 0 Å². The third-order valence-corrected chi connectivity index (χ3v) is 5.48. The molecule has 7 nitrogen and oxygen atoms in total. The van der Waals surface area contributed by atoms with Crippen molar-refractivity contribution in [2.75, 3.05) is 38.3 Å². The van der Waals surface area contributed by atoms with Gasteiger partial charge in [-0.15, -0.1) is 10.2 Å². The number of anilines is 1. The number of benzene rings is 2. The van der Waals surface area contributed by atoms with Crippen molar-refractivity contribution in [2.45, 2.75) is 26.3 Å². The lowest BCUT2D eigenvalue weighted by Gasteiger charge is -2.29. The SMILES string of the molecule is Cc1ccc(-c2nnc(CCC(=O)N(C)Cc3ccc(N4CCOCC4)cc3)o2)cc1. The van der Waals surface area contributed by atoms with Crippen LogP contribution in [0.25, 0.3) is 11.5 Å². The lowest BCUT2D eigenvalue weighted by molar-refractivity contribution is -0.130. The monoisotopic (exact) mass is 420 g/mol. The van der Waals surface area contributed by atoms with Crippen LogP contribution in [0, 0.1) is 6.92 Å². The maximum Gasteiger partial charge on any atom is 0.247 e. The molecule has 7 heteroatoms. The number of hydrogen-bond acceptors (Lipinski definition) is 6. The van der Waals surface area contributed by atoms with E-state index in [-0.39, 0.29) is 5.91 Å². The van der Waals surface area contributed by atoms with Gasteiger partial charge >= 0.3 is 0 Å². The zero-order chi connectivity index (χ0) is 21.6. The minimum Gasteiger partial charge on any atom is -0.421 e. The Morgan fingerprint density at radius 1 is 1.03 bits per heavy atom. The second-order valence-electron chi connectivity index (χ2n) is 7.88. The molecule has 0 aliphatic carbocycles. The molecule has 2 heterocycles. The van der Waals surface area contributed by atoms with Gasteiger partial charge in [-0.2, -0.15) is 0 Å². The van der Waals surface area contributed by atoms with Crippen molar-refractivity contribution in [1.82, 2.24) is 15.1 Å². The van der Waals surface area contributed by atoms with Crippen molar-refractivity contribution in [1.29, 1.82) is 0 Å². The number of carbonyl (C=O) groups excluding carboxylic acids is 1. The van der Waals surface area contributed by atoms with E-state index >= 15 is 0 Å². The highest BCUT2D eigenvalue weighted by Gasteiger charge is 2.15. The molecule has 1 saturated heterocycles. The maximum absolute atomic E-state index is 12.6. The van der Waals surface area contributed by atoms with Crippen LogP contribution < -0.4 is 4.90 Å². The van der Waals surface area contributed by atoms with Crippen LogP contribution >= 0.6 is 0 Å². The fraction of sp³-hybridized carbons (Fsp3) is 0.375. The molecule has 1 fully saturated rings. The Labute approximate surface area is 182 Å². The molecule has 0 radical (unpaired) electrons. The third kappa shape index (κ3) is 5.49. The Morgan fingerprint density at radius 3 is 2.45 bits per heavy atom. The van der Waals surface area contributed by atoms with Crippen molar-refractivity contribution in [2.24, 2.45) is 0 Å². The topological polar surface area (TPSA) is 71.7 Å². The van der Waals surface area contributed by atoms with Crippen LogP contribution in [0.2, 0.25) is 0 Å². The summed E-state index contributed by atoms with van der Waals surface area (Å²) in [7, 11) is 1.82. The van der Waals surface area contributed by atoms with Crippen molar-refractivity contribution < 1.29 is 13.9 Å². The van der Waals surface area contributed by atoms with Crippen molar-refractivity contribution in [3.63, 3.8) is 0 Å². The number of aryl methyl sites for hydroxylation is 2. The molecule has 0 spiro atoms. The first-order valence-corrected chi connectivity index (χ1v) is 10.6. The molecule has 1 amide bonds. The number of aromatic nitrogens is 2. The molecule has 4 rings (SSSR count). The Morgan fingerprint density at radius 2 is 1.74 bits per heavy atom. The minimum atomic E-state index is 0.0485. The molecule has 0 saturated carbocycles. The first-order chi connectivity index (χ1) is 15.1. The summed E-state index contributed by atoms with van der Waals surface area (Å²) in [6, 6.07) is 16.3. The van der Waals surface area contributed by atoms with E-state index in [1.54, 1.807) is 4.90 Å². The highest BCUT2D eigenvalue weighted by atomic mass is 16.5. The maximum atomic E-state index is 12.6. The number of rotatable bonds is 7. The van der Waals surface area contributed by atoms with Gasteiger partial charge in [0, 0.05) is 50.8 Å². The first kappa shape index (κ1) is 21.1. The number of amides is 1. The zero-order valence-electron chi connectivity index (χ0n) is 18.1. The molecule has 1 aliphatic rings. The van der Waals surface area contributed by atoms with Crippen LogP contribution in [0.5, 0.6) is 0 Å². The molecule has 31 heavy (non-hydrogen) atoms. The standard InChI is InChI=1S/C24H28N4O3/c1-18-3-7-20(8-4-18)24-26-25-22(31-24)11-12-23(29)27(2)17-19-5-9-21(10-6-19)28-13-15-30-16-14-28/h3-10H,11-17H2,1-2H3. The normalized spacial score (nSPS) is 13.9. The van der Waals surface area contributed by atoms with Gasteiger partial charge in [0.25, 0.3) is 0 Å². The van der Waals surface area contributed by atoms with E-state index in [2.05, 4.69) is 39.4 Å². The van der Waals surface area contributed by atoms with Gasteiger partial charge in [-0.05, 0) is 36.8 Å². The van der Waals surface area contributed by atoms with Crippen molar-refractivity contribution >= 4 is 11.6 Å². The lowest BCUT2D eigenvalue weighted by Crippen LogP contribution is -2.36. The largest absolute Gasteiger partial charge is 0.421 e. The zero-order valence-corrected chi connectivity index (χ0v) is 18.1. The highest BCUT2D eigenvalue weighted by Crippen LogP contribution is 2.20. The molecule has 1 aromatic heterocycles. The molecule has 0 N–H and O–H groups in total. The average molecular weight is 421 g/mol. The van der Waals surface area contributed by atoms with Crippen molar-refractivity contribution in [3.8, 4) is 11.5 Å². The Balaban J connectivity index is 1.27. The Kier molecular flexibility index (Phi) is 6.62. The fourth-order valence-corrected chi connectivity index (χ4v) is 3.57. The second-order valence-corrected chi connectivity index (χ2v) is 7.88. The highest BCUT2D eigenvalue weighted by molar-refractivity contribution is 5.76. The van der Waals surface area contributed by atoms with E-state index in [0.29, 0.717) is 31.2 Å². The van der Waals surface area contributed by atoms with Gasteiger partial charge in [-0.3, -0.25) is 4.79 Å². The van der Waals surface area contributed by atoms with E-state index < -0.39 is 0 Å². The Hall–Kier alpha value is -3.19. The fourth-order valence-electron chi connectivity index (χ4n) is 3.57. The van der Waals surface area contributed by atoms with Crippen LogP contribution in [-0.2, 0) is 22.5 Å². The van der Waals surface area contributed by atoms with Crippen LogP contribution in [-0.4, -0.2) is 54.4 Å². The summed E-state index contributed by atoms with van der Waals surface area (Å²) in [5, 5.41) is 8.18. The lowest BCUT2D eigenvalue weighted by atomic mass is 10.1. The molecular formula is C24H28N4O3. The smallest absolute Gasteiger partial charge is 0.247 e. The summed E-state index contributed by atoms with van der Waals surface area (Å²) in [5.41, 5.74) is 4.36. The van der Waals surface area contributed by atoms with Gasteiger partial charge in [0.2, 0.25) is 17.7 Å². The molecule has 2 aromatic carbocycles. The molecule has 3 aromatic rings. The van der Waals surface area contributed by atoms with Gasteiger partial charge in [-0.1, -0.05) is 29.8 Å². The molecule has 0 unspecified atom stereocenters. The predicted octanol–water partition coefficient (Wildman–Crippen LogP) is 3.47. The number of hydrogen-bond donors (Lipinski definition) is 0. The average Bonchev–Trinajstić information content (AvgIpc) is 3.28. The number of ether oxygens (including phenoxy) is 1. The summed E-state index contributed by atoms with van der Waals surface area (Å²) in [6.45, 7) is 5.97. The number of carbonyl (C=O) groups is 1. The first-order valence-electron chi connectivity index (χ1n) is 10.6. The van der Waals surface area contributed by atoms with Gasteiger partial charge in [-0.25, -0.2) is 0 Å². The summed E-state index contributed by atoms with van der Waals surface area (Å²) < 4.78 is 11.1. The summed E-state index contributed by atoms with van der Waals surface area (Å²) in [4.78, 5) is 16.6. The van der Waals surface area contributed by atoms with E-state index in [9.17, 15) is 4.79 Å². The van der Waals surface area contributed by atoms with E-state index in [1.807, 2.05) is 38.2 Å².